The van der Waals surface area contributed by atoms with E-state index in [1.54, 1.807) is 30.6 Å². The van der Waals surface area contributed by atoms with E-state index in [1.807, 2.05) is 11.9 Å². The highest BCUT2D eigenvalue weighted by Gasteiger charge is 2.32. The molecule has 2 aromatic heterocycles. The van der Waals surface area contributed by atoms with Gasteiger partial charge in [0.05, 0.1) is 16.9 Å². The normalized spacial score (nSPS) is 15.2. The van der Waals surface area contributed by atoms with Gasteiger partial charge in [-0.15, -0.1) is 0 Å². The van der Waals surface area contributed by atoms with E-state index in [4.69, 9.17) is 4.42 Å². The van der Waals surface area contributed by atoms with Crippen LogP contribution in [0.1, 0.15) is 16.1 Å². The zero-order valence-corrected chi connectivity index (χ0v) is 16.8. The fourth-order valence-electron chi connectivity index (χ4n) is 3.45. The van der Waals surface area contributed by atoms with Gasteiger partial charge in [0.25, 0.3) is 5.91 Å². The SMILES string of the molecule is CN1CCN(c2ccc(C(F)(F)F)cc2NC(=O)c2ccc(-c3ccncc3)o2)CC1. The van der Waals surface area contributed by atoms with Crippen molar-refractivity contribution in [3.05, 3.63) is 66.2 Å². The number of carbonyl (C=O) groups excluding carboxylic acids is 1. The summed E-state index contributed by atoms with van der Waals surface area (Å²) in [5, 5.41) is 2.61. The van der Waals surface area contributed by atoms with Crippen LogP contribution in [0.3, 0.4) is 0 Å². The van der Waals surface area contributed by atoms with Gasteiger partial charge in [0.2, 0.25) is 0 Å². The first-order valence-corrected chi connectivity index (χ1v) is 9.77. The van der Waals surface area contributed by atoms with Crippen molar-refractivity contribution in [2.45, 2.75) is 6.18 Å². The minimum Gasteiger partial charge on any atom is -0.451 e. The first-order valence-electron chi connectivity index (χ1n) is 9.77. The van der Waals surface area contributed by atoms with Crippen molar-refractivity contribution < 1.29 is 22.4 Å². The van der Waals surface area contributed by atoms with E-state index in [9.17, 15) is 18.0 Å². The second-order valence-electron chi connectivity index (χ2n) is 7.37. The summed E-state index contributed by atoms with van der Waals surface area (Å²) < 4.78 is 45.5. The van der Waals surface area contributed by atoms with Gasteiger partial charge >= 0.3 is 6.18 Å². The molecule has 1 N–H and O–H groups in total. The maximum atomic E-state index is 13.3. The van der Waals surface area contributed by atoms with Gasteiger partial charge in [0.1, 0.15) is 5.76 Å². The number of hydrogen-bond donors (Lipinski definition) is 1. The van der Waals surface area contributed by atoms with Crippen LogP contribution in [0.5, 0.6) is 0 Å². The number of benzene rings is 1. The topological polar surface area (TPSA) is 61.6 Å². The van der Waals surface area contributed by atoms with Gasteiger partial charge in [-0.1, -0.05) is 0 Å². The summed E-state index contributed by atoms with van der Waals surface area (Å²) in [4.78, 5) is 20.8. The highest BCUT2D eigenvalue weighted by atomic mass is 19.4. The number of nitrogens with zero attached hydrogens (tertiary/aromatic N) is 3. The fourth-order valence-corrected chi connectivity index (χ4v) is 3.45. The Balaban J connectivity index is 1.61. The molecule has 9 heteroatoms. The lowest BCUT2D eigenvalue weighted by Gasteiger charge is -2.35. The van der Waals surface area contributed by atoms with Gasteiger partial charge in [-0.05, 0) is 49.5 Å². The Kier molecular flexibility index (Phi) is 5.69. The van der Waals surface area contributed by atoms with Gasteiger partial charge < -0.3 is 19.5 Å². The number of anilines is 2. The lowest BCUT2D eigenvalue weighted by atomic mass is 10.1. The Morgan fingerprint density at radius 1 is 1.03 bits per heavy atom. The lowest BCUT2D eigenvalue weighted by Crippen LogP contribution is -2.44. The maximum absolute atomic E-state index is 13.3. The Hall–Kier alpha value is -3.33. The van der Waals surface area contributed by atoms with Crippen molar-refractivity contribution in [1.29, 1.82) is 0 Å². The molecule has 31 heavy (non-hydrogen) atoms. The summed E-state index contributed by atoms with van der Waals surface area (Å²) in [6, 6.07) is 10.0. The Morgan fingerprint density at radius 3 is 2.42 bits per heavy atom. The standard InChI is InChI=1S/C22H21F3N4O2/c1-28-10-12-29(13-11-28)18-3-2-16(22(23,24)25)14-17(18)27-21(30)20-5-4-19(31-20)15-6-8-26-9-7-15/h2-9,14H,10-13H2,1H3,(H,27,30). The molecule has 4 rings (SSSR count). The molecule has 1 aliphatic rings. The van der Waals surface area contributed by atoms with E-state index in [-0.39, 0.29) is 11.4 Å². The summed E-state index contributed by atoms with van der Waals surface area (Å²) in [5.41, 5.74) is 0.574. The summed E-state index contributed by atoms with van der Waals surface area (Å²) in [6.07, 6.45) is -1.32. The molecule has 1 saturated heterocycles. The molecular weight excluding hydrogens is 409 g/mol. The minimum absolute atomic E-state index is 0.00792. The summed E-state index contributed by atoms with van der Waals surface area (Å²) >= 11 is 0. The number of pyridine rings is 1. The highest BCUT2D eigenvalue weighted by molar-refractivity contribution is 6.04. The van der Waals surface area contributed by atoms with E-state index in [0.717, 1.165) is 30.8 Å². The number of hydrogen-bond acceptors (Lipinski definition) is 5. The maximum Gasteiger partial charge on any atom is 0.416 e. The Bertz CT molecular complexity index is 1060. The van der Waals surface area contributed by atoms with Crippen molar-refractivity contribution in [3.63, 3.8) is 0 Å². The molecular formula is C22H21F3N4O2. The van der Waals surface area contributed by atoms with Crippen LogP contribution < -0.4 is 10.2 Å². The van der Waals surface area contributed by atoms with Gasteiger partial charge in [0.15, 0.2) is 5.76 Å². The first kappa shape index (κ1) is 20.9. The number of piperazine rings is 1. The van der Waals surface area contributed by atoms with Crippen molar-refractivity contribution in [2.75, 3.05) is 43.4 Å². The monoisotopic (exact) mass is 430 g/mol. The zero-order valence-electron chi connectivity index (χ0n) is 16.8. The molecule has 0 spiro atoms. The number of aromatic nitrogens is 1. The van der Waals surface area contributed by atoms with Crippen LogP contribution >= 0.6 is 0 Å². The fraction of sp³-hybridized carbons (Fsp3) is 0.273. The molecule has 0 unspecified atom stereocenters. The van der Waals surface area contributed by atoms with E-state index in [2.05, 4.69) is 15.2 Å². The van der Waals surface area contributed by atoms with E-state index in [1.165, 1.54) is 12.1 Å². The number of alkyl halides is 3. The first-order chi connectivity index (χ1) is 14.8. The number of carbonyl (C=O) groups is 1. The molecule has 3 heterocycles. The summed E-state index contributed by atoms with van der Waals surface area (Å²) in [5.74, 6) is -0.139. The van der Waals surface area contributed by atoms with Crippen molar-refractivity contribution in [1.82, 2.24) is 9.88 Å². The molecule has 0 atom stereocenters. The Labute approximate surface area is 177 Å². The van der Waals surface area contributed by atoms with Gasteiger partial charge in [0, 0.05) is 44.1 Å². The molecule has 3 aromatic rings. The molecule has 0 saturated carbocycles. The van der Waals surface area contributed by atoms with Crippen LogP contribution in [0.4, 0.5) is 24.5 Å². The third kappa shape index (κ3) is 4.72. The van der Waals surface area contributed by atoms with Crippen LogP contribution in [0.2, 0.25) is 0 Å². The number of rotatable bonds is 4. The van der Waals surface area contributed by atoms with E-state index >= 15 is 0 Å². The predicted molar refractivity (Wildman–Crippen MR) is 111 cm³/mol. The van der Waals surface area contributed by atoms with Crippen LogP contribution in [0.15, 0.2) is 59.3 Å². The number of likely N-dealkylation sites (N-methyl/N-ethyl adjacent to an activating group) is 1. The van der Waals surface area contributed by atoms with Gasteiger partial charge in [-0.3, -0.25) is 9.78 Å². The quantitative estimate of drug-likeness (QED) is 0.666. The molecule has 1 aromatic carbocycles. The molecule has 0 aliphatic carbocycles. The third-order valence-electron chi connectivity index (χ3n) is 5.21. The van der Waals surface area contributed by atoms with Crippen molar-refractivity contribution in [2.24, 2.45) is 0 Å². The zero-order chi connectivity index (χ0) is 22.0. The molecule has 1 amide bonds. The molecule has 1 aliphatic heterocycles. The van der Waals surface area contributed by atoms with Crippen LogP contribution in [-0.2, 0) is 6.18 Å². The van der Waals surface area contributed by atoms with E-state index < -0.39 is 17.6 Å². The van der Waals surface area contributed by atoms with Crippen molar-refractivity contribution in [3.8, 4) is 11.3 Å². The Morgan fingerprint density at radius 2 is 1.74 bits per heavy atom. The van der Waals surface area contributed by atoms with Gasteiger partial charge in [-0.25, -0.2) is 0 Å². The smallest absolute Gasteiger partial charge is 0.416 e. The average Bonchev–Trinajstić information content (AvgIpc) is 3.25. The number of halogens is 3. The van der Waals surface area contributed by atoms with Gasteiger partial charge in [-0.2, -0.15) is 13.2 Å². The largest absolute Gasteiger partial charge is 0.451 e. The average molecular weight is 430 g/mol. The van der Waals surface area contributed by atoms with E-state index in [0.29, 0.717) is 24.5 Å². The molecule has 162 valence electrons. The second-order valence-corrected chi connectivity index (χ2v) is 7.37. The number of amides is 1. The molecule has 1 fully saturated rings. The predicted octanol–water partition coefficient (Wildman–Crippen LogP) is 4.36. The third-order valence-corrected chi connectivity index (χ3v) is 5.21. The lowest BCUT2D eigenvalue weighted by molar-refractivity contribution is -0.137. The minimum atomic E-state index is -4.51. The van der Waals surface area contributed by atoms with Crippen LogP contribution in [0.25, 0.3) is 11.3 Å². The highest BCUT2D eigenvalue weighted by Crippen LogP contribution is 2.36. The summed E-state index contributed by atoms with van der Waals surface area (Å²) in [7, 11) is 1.99. The molecule has 6 nitrogen and oxygen atoms in total. The van der Waals surface area contributed by atoms with Crippen LogP contribution in [-0.4, -0.2) is 49.0 Å². The molecule has 0 radical (unpaired) electrons. The molecule has 0 bridgehead atoms. The van der Waals surface area contributed by atoms with Crippen molar-refractivity contribution >= 4 is 17.3 Å². The summed E-state index contributed by atoms with van der Waals surface area (Å²) in [6.45, 7) is 2.86. The second kappa shape index (κ2) is 8.43. The number of nitrogens with one attached hydrogen (secondary N) is 1. The number of furan rings is 1. The van der Waals surface area contributed by atoms with Crippen LogP contribution in [0, 0.1) is 0 Å².